The summed E-state index contributed by atoms with van der Waals surface area (Å²) in [4.78, 5) is 36.0. The minimum absolute atomic E-state index is 0.0451. The standard InChI is InChI=1S/C34H47N5O5S/c1-7-8-9-13-21-35-31(40)30(24(2)3)38-34(33(41)42,27-14-11-10-12-15-27)32-36-22-20-28(37-32)23-26(5)39(6)45(43,44)29-18-16-25(4)17-19-29/h10-12,14-20,22,24,26,30,38H,7-9,13,21,23H2,1-6H3,(H,35,40)(H,41,42)/t26-,30-,34?/m0/s1. The van der Waals surface area contributed by atoms with E-state index in [1.54, 1.807) is 67.6 Å². The summed E-state index contributed by atoms with van der Waals surface area (Å²) in [7, 11) is -2.26. The number of aliphatic carboxylic acids is 1. The van der Waals surface area contributed by atoms with E-state index in [1.807, 2.05) is 20.8 Å². The Labute approximate surface area is 267 Å². The van der Waals surface area contributed by atoms with Crippen molar-refractivity contribution in [2.24, 2.45) is 5.92 Å². The number of carboxylic acids is 1. The number of aromatic nitrogens is 2. The SMILES string of the molecule is CCCCCCNC(=O)[C@@H](NC(C(=O)O)(c1ccccc1)c1nccc(C[C@H](C)N(C)S(=O)(=O)c2ccc(C)cc2)n1)C(C)C. The lowest BCUT2D eigenvalue weighted by Gasteiger charge is -2.35. The third-order valence-electron chi connectivity index (χ3n) is 8.05. The van der Waals surface area contributed by atoms with E-state index >= 15 is 0 Å². The Morgan fingerprint density at radius 3 is 2.24 bits per heavy atom. The van der Waals surface area contributed by atoms with E-state index in [9.17, 15) is 23.1 Å². The lowest BCUT2D eigenvalue weighted by molar-refractivity contribution is -0.144. The van der Waals surface area contributed by atoms with Gasteiger partial charge in [0.15, 0.2) is 5.82 Å². The maximum atomic E-state index is 13.4. The molecule has 0 saturated heterocycles. The van der Waals surface area contributed by atoms with Gasteiger partial charge in [-0.1, -0.05) is 88.1 Å². The first kappa shape index (κ1) is 35.8. The fourth-order valence-electron chi connectivity index (χ4n) is 5.12. The van der Waals surface area contributed by atoms with E-state index in [4.69, 9.17) is 4.98 Å². The second-order valence-corrected chi connectivity index (χ2v) is 13.9. The summed E-state index contributed by atoms with van der Waals surface area (Å²) in [5.41, 5.74) is -0.183. The van der Waals surface area contributed by atoms with Crippen LogP contribution in [0, 0.1) is 12.8 Å². The van der Waals surface area contributed by atoms with Gasteiger partial charge in [-0.2, -0.15) is 4.31 Å². The molecule has 0 aliphatic rings. The van der Waals surface area contributed by atoms with E-state index < -0.39 is 33.6 Å². The Morgan fingerprint density at radius 2 is 1.64 bits per heavy atom. The molecule has 10 nitrogen and oxygen atoms in total. The first-order valence-electron chi connectivity index (χ1n) is 15.6. The van der Waals surface area contributed by atoms with Crippen molar-refractivity contribution in [1.82, 2.24) is 24.9 Å². The highest BCUT2D eigenvalue weighted by Crippen LogP contribution is 2.30. The number of sulfonamides is 1. The number of aryl methyl sites for hydroxylation is 1. The van der Waals surface area contributed by atoms with Gasteiger partial charge >= 0.3 is 5.97 Å². The van der Waals surface area contributed by atoms with Crippen LogP contribution < -0.4 is 10.6 Å². The summed E-state index contributed by atoms with van der Waals surface area (Å²) in [6.45, 7) is 9.99. The van der Waals surface area contributed by atoms with Crippen molar-refractivity contribution >= 4 is 21.9 Å². The molecular formula is C34H47N5O5S. The van der Waals surface area contributed by atoms with Crippen LogP contribution in [0.5, 0.6) is 0 Å². The number of nitrogens with one attached hydrogen (secondary N) is 2. The molecule has 3 N–H and O–H groups in total. The highest BCUT2D eigenvalue weighted by atomic mass is 32.2. The molecular weight excluding hydrogens is 590 g/mol. The Balaban J connectivity index is 1.98. The van der Waals surface area contributed by atoms with Crippen LogP contribution in [-0.4, -0.2) is 65.4 Å². The van der Waals surface area contributed by atoms with Crippen LogP contribution in [0.4, 0.5) is 0 Å². The molecule has 11 heteroatoms. The van der Waals surface area contributed by atoms with Crippen molar-refractivity contribution in [3.05, 3.63) is 89.5 Å². The van der Waals surface area contributed by atoms with E-state index in [1.165, 1.54) is 17.5 Å². The molecule has 0 spiro atoms. The topological polar surface area (TPSA) is 142 Å². The zero-order valence-corrected chi connectivity index (χ0v) is 28.0. The number of carbonyl (C=O) groups is 2. The van der Waals surface area contributed by atoms with E-state index in [0.717, 1.165) is 31.2 Å². The average molecular weight is 638 g/mol. The van der Waals surface area contributed by atoms with Crippen LogP contribution in [0.1, 0.15) is 76.0 Å². The first-order valence-corrected chi connectivity index (χ1v) is 17.0. The average Bonchev–Trinajstić information content (AvgIpc) is 3.01. The van der Waals surface area contributed by atoms with E-state index in [0.29, 0.717) is 17.8 Å². The van der Waals surface area contributed by atoms with Crippen LogP contribution in [0.2, 0.25) is 0 Å². The van der Waals surface area contributed by atoms with Gasteiger partial charge in [-0.15, -0.1) is 0 Å². The monoisotopic (exact) mass is 637 g/mol. The second-order valence-electron chi connectivity index (χ2n) is 11.9. The number of carbonyl (C=O) groups excluding carboxylic acids is 1. The van der Waals surface area contributed by atoms with Crippen molar-refractivity contribution in [3.63, 3.8) is 0 Å². The van der Waals surface area contributed by atoms with Gasteiger partial charge in [0.1, 0.15) is 0 Å². The van der Waals surface area contributed by atoms with Gasteiger partial charge in [0.2, 0.25) is 21.5 Å². The lowest BCUT2D eigenvalue weighted by Crippen LogP contribution is -2.60. The molecule has 244 valence electrons. The highest BCUT2D eigenvalue weighted by molar-refractivity contribution is 7.89. The summed E-state index contributed by atoms with van der Waals surface area (Å²) < 4.78 is 27.9. The van der Waals surface area contributed by atoms with Crippen LogP contribution >= 0.6 is 0 Å². The minimum atomic E-state index is -3.78. The van der Waals surface area contributed by atoms with Gasteiger partial charge in [-0.25, -0.2) is 23.2 Å². The van der Waals surface area contributed by atoms with Gasteiger partial charge < -0.3 is 10.4 Å². The number of unbranched alkanes of at least 4 members (excludes halogenated alkanes) is 3. The molecule has 0 aliphatic carbocycles. The second kappa shape index (κ2) is 16.1. The largest absolute Gasteiger partial charge is 0.479 e. The molecule has 2 aromatic carbocycles. The third-order valence-corrected chi connectivity index (χ3v) is 10.0. The van der Waals surface area contributed by atoms with Crippen molar-refractivity contribution in [2.75, 3.05) is 13.6 Å². The van der Waals surface area contributed by atoms with Crippen LogP contribution in [0.15, 0.2) is 71.8 Å². The fourth-order valence-corrected chi connectivity index (χ4v) is 6.48. The fraction of sp³-hybridized carbons (Fsp3) is 0.471. The molecule has 45 heavy (non-hydrogen) atoms. The molecule has 1 amide bonds. The van der Waals surface area contributed by atoms with E-state index in [-0.39, 0.29) is 29.0 Å². The lowest BCUT2D eigenvalue weighted by atomic mass is 9.86. The van der Waals surface area contributed by atoms with Gasteiger partial charge in [0.25, 0.3) is 0 Å². The van der Waals surface area contributed by atoms with Crippen molar-refractivity contribution in [2.45, 2.75) is 89.2 Å². The number of carboxylic acid groups (broad SMARTS) is 1. The summed E-state index contributed by atoms with van der Waals surface area (Å²) >= 11 is 0. The van der Waals surface area contributed by atoms with Crippen LogP contribution in [0.3, 0.4) is 0 Å². The number of hydrogen-bond acceptors (Lipinski definition) is 7. The number of nitrogens with zero attached hydrogens (tertiary/aromatic N) is 3. The Kier molecular flexibility index (Phi) is 12.8. The van der Waals surface area contributed by atoms with E-state index in [2.05, 4.69) is 22.5 Å². The van der Waals surface area contributed by atoms with Crippen molar-refractivity contribution < 1.29 is 23.1 Å². The number of hydrogen-bond donors (Lipinski definition) is 3. The molecule has 1 unspecified atom stereocenters. The van der Waals surface area contributed by atoms with Crippen LogP contribution in [0.25, 0.3) is 0 Å². The molecule has 0 saturated carbocycles. The smallest absolute Gasteiger partial charge is 0.336 e. The summed E-state index contributed by atoms with van der Waals surface area (Å²) in [5, 5.41) is 17.0. The Morgan fingerprint density at radius 1 is 0.978 bits per heavy atom. The number of likely N-dealkylation sites (N-methyl/N-ethyl adjacent to an activating group) is 1. The molecule has 1 heterocycles. The molecule has 3 rings (SSSR count). The third kappa shape index (κ3) is 8.74. The predicted octanol–water partition coefficient (Wildman–Crippen LogP) is 4.68. The predicted molar refractivity (Wildman–Crippen MR) is 175 cm³/mol. The van der Waals surface area contributed by atoms with Crippen LogP contribution in [-0.2, 0) is 31.6 Å². The molecule has 3 aromatic rings. The number of benzene rings is 2. The Bertz CT molecular complexity index is 1520. The molecule has 3 atom stereocenters. The summed E-state index contributed by atoms with van der Waals surface area (Å²) in [6, 6.07) is 15.5. The van der Waals surface area contributed by atoms with Gasteiger partial charge in [-0.05, 0) is 49.9 Å². The van der Waals surface area contributed by atoms with Gasteiger partial charge in [0.05, 0.1) is 10.9 Å². The first-order chi connectivity index (χ1) is 21.3. The molecule has 0 radical (unpaired) electrons. The molecule has 0 bridgehead atoms. The van der Waals surface area contributed by atoms with Crippen molar-refractivity contribution in [1.29, 1.82) is 0 Å². The minimum Gasteiger partial charge on any atom is -0.479 e. The molecule has 0 aliphatic heterocycles. The maximum Gasteiger partial charge on any atom is 0.336 e. The van der Waals surface area contributed by atoms with Gasteiger partial charge in [0, 0.05) is 37.9 Å². The maximum absolute atomic E-state index is 13.4. The highest BCUT2D eigenvalue weighted by Gasteiger charge is 2.48. The molecule has 0 fully saturated rings. The quantitative estimate of drug-likeness (QED) is 0.181. The Hall–Kier alpha value is -3.67. The van der Waals surface area contributed by atoms with Crippen molar-refractivity contribution in [3.8, 4) is 0 Å². The summed E-state index contributed by atoms with van der Waals surface area (Å²) in [6.07, 6.45) is 5.68. The summed E-state index contributed by atoms with van der Waals surface area (Å²) in [5.74, 6) is -1.86. The number of rotatable bonds is 17. The zero-order valence-electron chi connectivity index (χ0n) is 27.2. The van der Waals surface area contributed by atoms with Gasteiger partial charge in [-0.3, -0.25) is 10.1 Å². The normalized spacial score (nSPS) is 14.6. The molecule has 1 aromatic heterocycles. The zero-order chi connectivity index (χ0) is 33.2. The number of amides is 1.